The van der Waals surface area contributed by atoms with Gasteiger partial charge in [-0.2, -0.15) is 11.8 Å². The molecule has 1 fully saturated rings. The molecule has 1 N–H and O–H groups in total. The van der Waals surface area contributed by atoms with Gasteiger partial charge in [0.2, 0.25) is 0 Å². The first-order valence-corrected chi connectivity index (χ1v) is 7.26. The summed E-state index contributed by atoms with van der Waals surface area (Å²) in [6.07, 6.45) is 0.530. The van der Waals surface area contributed by atoms with E-state index in [1.807, 2.05) is 0 Å². The summed E-state index contributed by atoms with van der Waals surface area (Å²) in [6.45, 7) is 0.372. The van der Waals surface area contributed by atoms with Gasteiger partial charge in [0.05, 0.1) is 6.54 Å². The zero-order valence-corrected chi connectivity index (χ0v) is 11.9. The third-order valence-corrected chi connectivity index (χ3v) is 4.37. The van der Waals surface area contributed by atoms with Gasteiger partial charge in [-0.25, -0.2) is 0 Å². The van der Waals surface area contributed by atoms with Crippen LogP contribution in [0.15, 0.2) is 21.2 Å². The molecule has 1 saturated heterocycles. The molecule has 0 radical (unpaired) electrons. The van der Waals surface area contributed by atoms with Gasteiger partial charge in [0, 0.05) is 12.8 Å². The molecule has 1 amide bonds. The van der Waals surface area contributed by atoms with E-state index in [1.165, 1.54) is 4.90 Å². The van der Waals surface area contributed by atoms with Crippen LogP contribution in [0, 0.1) is 0 Å². The number of rotatable bonds is 3. The van der Waals surface area contributed by atoms with E-state index in [1.54, 1.807) is 30.9 Å². The van der Waals surface area contributed by atoms with E-state index in [4.69, 9.17) is 4.42 Å². The first kappa shape index (κ1) is 13.0. The molecule has 1 aromatic rings. The Morgan fingerprint density at radius 3 is 3.00 bits per heavy atom. The number of nitrogens with zero attached hydrogens (tertiary/aromatic N) is 1. The third kappa shape index (κ3) is 2.86. The fourth-order valence-corrected chi connectivity index (χ4v) is 3.39. The highest BCUT2D eigenvalue weighted by Crippen LogP contribution is 2.29. The Balaban J connectivity index is 2.00. The topological polar surface area (TPSA) is 53.7 Å². The minimum atomic E-state index is -1.19. The van der Waals surface area contributed by atoms with Gasteiger partial charge in [-0.05, 0) is 40.2 Å². The summed E-state index contributed by atoms with van der Waals surface area (Å²) in [5.41, 5.74) is -1.19. The van der Waals surface area contributed by atoms with Crippen molar-refractivity contribution in [3.63, 3.8) is 0 Å². The number of thioether (sulfide) groups is 1. The van der Waals surface area contributed by atoms with E-state index in [9.17, 15) is 9.90 Å². The molecular weight excluding hydrogens is 306 g/mol. The van der Waals surface area contributed by atoms with Crippen LogP contribution in [0.1, 0.15) is 12.2 Å². The molecule has 1 aromatic heterocycles. The quantitative estimate of drug-likeness (QED) is 0.924. The standard InChI is InChI=1S/C11H14BrNO3S/c1-13(6-8-2-3-9(12)16-8)10(14)11(15)4-5-17-7-11/h2-3,15H,4-7H2,1H3. The molecule has 4 nitrogen and oxygen atoms in total. The maximum absolute atomic E-state index is 12.1. The minimum Gasteiger partial charge on any atom is -0.452 e. The maximum Gasteiger partial charge on any atom is 0.255 e. The summed E-state index contributed by atoms with van der Waals surface area (Å²) in [5.74, 6) is 1.79. The molecule has 0 spiro atoms. The van der Waals surface area contributed by atoms with E-state index in [0.717, 1.165) is 5.75 Å². The average Bonchev–Trinajstić information content (AvgIpc) is 2.88. The van der Waals surface area contributed by atoms with Crippen molar-refractivity contribution in [2.45, 2.75) is 18.6 Å². The Morgan fingerprint density at radius 2 is 2.47 bits per heavy atom. The van der Waals surface area contributed by atoms with Gasteiger partial charge in [-0.1, -0.05) is 0 Å². The molecule has 0 bridgehead atoms. The van der Waals surface area contributed by atoms with E-state index in [-0.39, 0.29) is 5.91 Å². The summed E-state index contributed by atoms with van der Waals surface area (Å²) in [7, 11) is 1.68. The molecule has 0 aromatic carbocycles. The van der Waals surface area contributed by atoms with Crippen molar-refractivity contribution in [1.82, 2.24) is 4.90 Å². The number of carbonyl (C=O) groups is 1. The van der Waals surface area contributed by atoms with Gasteiger partial charge >= 0.3 is 0 Å². The van der Waals surface area contributed by atoms with Crippen LogP contribution in [0.5, 0.6) is 0 Å². The summed E-state index contributed by atoms with van der Waals surface area (Å²) >= 11 is 4.82. The molecule has 6 heteroatoms. The second-order valence-electron chi connectivity index (χ2n) is 4.20. The molecule has 0 aliphatic carbocycles. The maximum atomic E-state index is 12.1. The smallest absolute Gasteiger partial charge is 0.255 e. The number of amides is 1. The van der Waals surface area contributed by atoms with Crippen molar-refractivity contribution >= 4 is 33.6 Å². The number of furan rings is 1. The van der Waals surface area contributed by atoms with Crippen LogP contribution in [-0.4, -0.2) is 40.1 Å². The molecule has 94 valence electrons. The summed E-state index contributed by atoms with van der Waals surface area (Å²) in [6, 6.07) is 3.59. The lowest BCUT2D eigenvalue weighted by atomic mass is 10.0. The SMILES string of the molecule is CN(Cc1ccc(Br)o1)C(=O)C1(O)CCSC1. The zero-order valence-electron chi connectivity index (χ0n) is 9.48. The zero-order chi connectivity index (χ0) is 12.5. The van der Waals surface area contributed by atoms with E-state index in [0.29, 0.717) is 29.1 Å². The Labute approximate surface area is 112 Å². The normalized spacial score (nSPS) is 23.9. The molecule has 2 rings (SSSR count). The number of carbonyl (C=O) groups excluding carboxylic acids is 1. The van der Waals surface area contributed by atoms with Crippen LogP contribution in [0.2, 0.25) is 0 Å². The Hall–Kier alpha value is -0.460. The van der Waals surface area contributed by atoms with Crippen molar-refractivity contribution in [2.24, 2.45) is 0 Å². The largest absolute Gasteiger partial charge is 0.452 e. The van der Waals surface area contributed by atoms with Gasteiger partial charge in [0.25, 0.3) is 5.91 Å². The molecule has 1 atom stereocenters. The van der Waals surface area contributed by atoms with Gasteiger partial charge in [0.15, 0.2) is 10.3 Å². The minimum absolute atomic E-state index is 0.227. The van der Waals surface area contributed by atoms with Crippen molar-refractivity contribution < 1.29 is 14.3 Å². The molecular formula is C11H14BrNO3S. The molecule has 0 saturated carbocycles. The Kier molecular flexibility index (Phi) is 3.85. The van der Waals surface area contributed by atoms with Gasteiger partial charge in [-0.15, -0.1) is 0 Å². The van der Waals surface area contributed by atoms with Crippen LogP contribution >= 0.6 is 27.7 Å². The number of aliphatic hydroxyl groups is 1. The Bertz CT molecular complexity index is 415. The van der Waals surface area contributed by atoms with Crippen LogP contribution in [-0.2, 0) is 11.3 Å². The number of hydrogen-bond donors (Lipinski definition) is 1. The first-order chi connectivity index (χ1) is 8.01. The fourth-order valence-electron chi connectivity index (χ4n) is 1.82. The molecule has 1 aliphatic rings. The summed E-state index contributed by atoms with van der Waals surface area (Å²) < 4.78 is 5.98. The van der Waals surface area contributed by atoms with Crippen LogP contribution in [0.3, 0.4) is 0 Å². The highest BCUT2D eigenvalue weighted by atomic mass is 79.9. The summed E-state index contributed by atoms with van der Waals surface area (Å²) in [5, 5.41) is 10.2. The summed E-state index contributed by atoms with van der Waals surface area (Å²) in [4.78, 5) is 13.6. The van der Waals surface area contributed by atoms with Gasteiger partial charge in [-0.3, -0.25) is 4.79 Å². The van der Waals surface area contributed by atoms with Gasteiger partial charge in [0.1, 0.15) is 5.76 Å². The van der Waals surface area contributed by atoms with Crippen molar-refractivity contribution in [2.75, 3.05) is 18.6 Å². The lowest BCUT2D eigenvalue weighted by Gasteiger charge is -2.26. The van der Waals surface area contributed by atoms with Gasteiger partial charge < -0.3 is 14.4 Å². The molecule has 2 heterocycles. The Morgan fingerprint density at radius 1 is 1.71 bits per heavy atom. The van der Waals surface area contributed by atoms with Crippen LogP contribution < -0.4 is 0 Å². The van der Waals surface area contributed by atoms with E-state index < -0.39 is 5.60 Å². The lowest BCUT2D eigenvalue weighted by molar-refractivity contribution is -0.148. The van der Waals surface area contributed by atoms with Crippen LogP contribution in [0.4, 0.5) is 0 Å². The predicted octanol–water partition coefficient (Wildman–Crippen LogP) is 1.87. The highest BCUT2D eigenvalue weighted by molar-refractivity contribution is 9.10. The fraction of sp³-hybridized carbons (Fsp3) is 0.545. The third-order valence-electron chi connectivity index (χ3n) is 2.77. The molecule has 1 unspecified atom stereocenters. The first-order valence-electron chi connectivity index (χ1n) is 5.31. The second-order valence-corrected chi connectivity index (χ2v) is 6.09. The van der Waals surface area contributed by atoms with Crippen molar-refractivity contribution in [3.05, 3.63) is 22.6 Å². The van der Waals surface area contributed by atoms with E-state index >= 15 is 0 Å². The number of halogens is 1. The van der Waals surface area contributed by atoms with E-state index in [2.05, 4.69) is 15.9 Å². The second kappa shape index (κ2) is 5.04. The highest BCUT2D eigenvalue weighted by Gasteiger charge is 2.41. The monoisotopic (exact) mass is 319 g/mol. The molecule has 1 aliphatic heterocycles. The number of likely N-dealkylation sites (N-methyl/N-ethyl adjacent to an activating group) is 1. The number of hydrogen-bond acceptors (Lipinski definition) is 4. The van der Waals surface area contributed by atoms with Crippen molar-refractivity contribution in [1.29, 1.82) is 0 Å². The molecule has 17 heavy (non-hydrogen) atoms. The lowest BCUT2D eigenvalue weighted by Crippen LogP contribution is -2.47. The average molecular weight is 320 g/mol. The van der Waals surface area contributed by atoms with Crippen molar-refractivity contribution in [3.8, 4) is 0 Å². The predicted molar refractivity (Wildman–Crippen MR) is 69.8 cm³/mol. The van der Waals surface area contributed by atoms with Crippen LogP contribution in [0.25, 0.3) is 0 Å².